The molecule has 0 spiro atoms. The van der Waals surface area contributed by atoms with Crippen molar-refractivity contribution in [3.8, 4) is 0 Å². The van der Waals surface area contributed by atoms with Crippen molar-refractivity contribution in [3.63, 3.8) is 0 Å². The van der Waals surface area contributed by atoms with Crippen molar-refractivity contribution in [1.82, 2.24) is 25.3 Å². The van der Waals surface area contributed by atoms with Gasteiger partial charge in [0, 0.05) is 19.9 Å². The first-order chi connectivity index (χ1) is 9.49. The van der Waals surface area contributed by atoms with Crippen molar-refractivity contribution in [1.29, 1.82) is 0 Å². The predicted octanol–water partition coefficient (Wildman–Crippen LogP) is -1.32. The average molecular weight is 280 g/mol. The van der Waals surface area contributed by atoms with Gasteiger partial charge in [-0.3, -0.25) is 20.3 Å². The summed E-state index contributed by atoms with van der Waals surface area (Å²) in [4.78, 5) is 45.3. The minimum atomic E-state index is -0.546. The second-order valence-corrected chi connectivity index (χ2v) is 3.78. The molecule has 1 saturated heterocycles. The molecule has 4 amide bonds. The van der Waals surface area contributed by atoms with Crippen LogP contribution in [0.4, 0.5) is 22.6 Å². The number of hydrogen-bond acceptors (Lipinski definition) is 8. The van der Waals surface area contributed by atoms with E-state index < -0.39 is 17.8 Å². The van der Waals surface area contributed by atoms with Crippen molar-refractivity contribution in [3.05, 3.63) is 0 Å². The number of imide groups is 1. The Balaban J connectivity index is 2.17. The van der Waals surface area contributed by atoms with Crippen molar-refractivity contribution in [2.75, 3.05) is 23.5 Å². The van der Waals surface area contributed by atoms with Gasteiger partial charge >= 0.3 is 6.03 Å². The monoisotopic (exact) mass is 280 g/mol. The Kier molecular flexibility index (Phi) is 3.59. The lowest BCUT2D eigenvalue weighted by molar-refractivity contribution is -0.136. The van der Waals surface area contributed by atoms with Gasteiger partial charge in [0.05, 0.1) is 0 Å². The van der Waals surface area contributed by atoms with Crippen LogP contribution in [-0.2, 0) is 9.59 Å². The molecule has 11 heteroatoms. The van der Waals surface area contributed by atoms with Crippen LogP contribution >= 0.6 is 0 Å². The summed E-state index contributed by atoms with van der Waals surface area (Å²) in [5.74, 6) is -1.19. The highest BCUT2D eigenvalue weighted by Crippen LogP contribution is 2.14. The Morgan fingerprint density at radius 3 is 2.35 bits per heavy atom. The third-order valence-electron chi connectivity index (χ3n) is 2.37. The van der Waals surface area contributed by atoms with Gasteiger partial charge in [-0.15, -0.1) is 0 Å². The summed E-state index contributed by atoms with van der Waals surface area (Å²) in [6, 6.07) is -0.546. The lowest BCUT2D eigenvalue weighted by Gasteiger charge is -2.15. The molecule has 1 aliphatic heterocycles. The number of urea groups is 1. The van der Waals surface area contributed by atoms with Gasteiger partial charge in [0.2, 0.25) is 29.7 Å². The van der Waals surface area contributed by atoms with E-state index in [1.54, 1.807) is 0 Å². The van der Waals surface area contributed by atoms with Crippen LogP contribution in [0.3, 0.4) is 0 Å². The van der Waals surface area contributed by atoms with E-state index in [2.05, 4.69) is 31.0 Å². The number of hydrazine groups is 1. The zero-order valence-electron chi connectivity index (χ0n) is 10.5. The largest absolute Gasteiger partial charge is 0.368 e. The number of aromatic nitrogens is 3. The molecule has 1 aromatic rings. The SMILES string of the molecule is CNC(=O)Nc1nc(N)nc(NN2C(=O)CCC2=O)n1. The summed E-state index contributed by atoms with van der Waals surface area (Å²) >= 11 is 0. The normalized spacial score (nSPS) is 14.3. The van der Waals surface area contributed by atoms with Gasteiger partial charge in [-0.05, 0) is 0 Å². The zero-order valence-corrected chi connectivity index (χ0v) is 10.5. The fraction of sp³-hybridized carbons (Fsp3) is 0.333. The van der Waals surface area contributed by atoms with Crippen LogP contribution in [0.15, 0.2) is 0 Å². The number of carbonyl (C=O) groups is 3. The number of nitrogens with two attached hydrogens (primary N) is 1. The van der Waals surface area contributed by atoms with Crippen molar-refractivity contribution >= 4 is 35.7 Å². The molecule has 1 aliphatic rings. The summed E-state index contributed by atoms with van der Waals surface area (Å²) in [6.07, 6.45) is 0.242. The predicted molar refractivity (Wildman–Crippen MR) is 67.0 cm³/mol. The fourth-order valence-corrected chi connectivity index (χ4v) is 1.46. The van der Waals surface area contributed by atoms with E-state index in [4.69, 9.17) is 5.73 Å². The van der Waals surface area contributed by atoms with E-state index in [0.717, 1.165) is 5.01 Å². The molecule has 0 atom stereocenters. The molecule has 2 heterocycles. The lowest BCUT2D eigenvalue weighted by Crippen LogP contribution is -2.36. The summed E-state index contributed by atoms with van der Waals surface area (Å²) < 4.78 is 0. The van der Waals surface area contributed by atoms with Gasteiger partial charge in [0.1, 0.15) is 0 Å². The van der Waals surface area contributed by atoms with E-state index in [-0.39, 0.29) is 30.7 Å². The maximum atomic E-state index is 11.4. The van der Waals surface area contributed by atoms with E-state index in [1.165, 1.54) is 7.05 Å². The molecule has 0 aromatic carbocycles. The van der Waals surface area contributed by atoms with Gasteiger partial charge < -0.3 is 11.1 Å². The smallest absolute Gasteiger partial charge is 0.321 e. The molecule has 0 saturated carbocycles. The van der Waals surface area contributed by atoms with E-state index in [9.17, 15) is 14.4 Å². The first-order valence-electron chi connectivity index (χ1n) is 5.62. The number of rotatable bonds is 3. The Labute approximate surface area is 112 Å². The first-order valence-corrected chi connectivity index (χ1v) is 5.62. The number of hydrogen-bond donors (Lipinski definition) is 4. The molecule has 106 valence electrons. The third kappa shape index (κ3) is 2.88. The van der Waals surface area contributed by atoms with Crippen LogP contribution in [0, 0.1) is 0 Å². The second-order valence-electron chi connectivity index (χ2n) is 3.78. The molecule has 0 bridgehead atoms. The maximum Gasteiger partial charge on any atom is 0.321 e. The molecule has 0 aliphatic carbocycles. The number of anilines is 3. The molecule has 1 aromatic heterocycles. The van der Waals surface area contributed by atoms with Crippen LogP contribution in [0.25, 0.3) is 0 Å². The average Bonchev–Trinajstić information content (AvgIpc) is 2.70. The molecular weight excluding hydrogens is 268 g/mol. The van der Waals surface area contributed by atoms with Gasteiger partial charge in [-0.2, -0.15) is 20.0 Å². The number of carbonyl (C=O) groups excluding carboxylic acids is 3. The highest BCUT2D eigenvalue weighted by atomic mass is 16.2. The number of nitrogens with one attached hydrogen (secondary N) is 3. The number of amides is 4. The maximum absolute atomic E-state index is 11.4. The Morgan fingerprint density at radius 2 is 1.75 bits per heavy atom. The molecule has 1 fully saturated rings. The van der Waals surface area contributed by atoms with Gasteiger partial charge in [0.25, 0.3) is 0 Å². The minimum Gasteiger partial charge on any atom is -0.368 e. The van der Waals surface area contributed by atoms with E-state index >= 15 is 0 Å². The lowest BCUT2D eigenvalue weighted by atomic mass is 10.4. The molecule has 5 N–H and O–H groups in total. The van der Waals surface area contributed by atoms with Gasteiger partial charge in [-0.1, -0.05) is 0 Å². The number of nitrogens with zero attached hydrogens (tertiary/aromatic N) is 4. The van der Waals surface area contributed by atoms with Crippen LogP contribution in [-0.4, -0.2) is 44.9 Å². The third-order valence-corrected chi connectivity index (χ3v) is 2.37. The highest BCUT2D eigenvalue weighted by Gasteiger charge is 2.30. The number of nitrogen functional groups attached to an aromatic ring is 1. The van der Waals surface area contributed by atoms with Crippen LogP contribution in [0.1, 0.15) is 12.8 Å². The quantitative estimate of drug-likeness (QED) is 0.497. The van der Waals surface area contributed by atoms with Gasteiger partial charge in [-0.25, -0.2) is 4.79 Å². The van der Waals surface area contributed by atoms with Crippen LogP contribution < -0.4 is 21.8 Å². The standard InChI is InChI=1S/C9H12N8O3/c1-11-9(20)15-7-12-6(10)13-8(14-7)16-17-4(18)2-3-5(17)19/h2-3H2,1H3,(H5,10,11,12,13,14,15,16,20). The van der Waals surface area contributed by atoms with E-state index in [0.29, 0.717) is 0 Å². The van der Waals surface area contributed by atoms with Crippen molar-refractivity contribution < 1.29 is 14.4 Å². The Bertz CT molecular complexity index is 558. The van der Waals surface area contributed by atoms with Crippen molar-refractivity contribution in [2.45, 2.75) is 12.8 Å². The molecule has 0 radical (unpaired) electrons. The minimum absolute atomic E-state index is 0.113. The highest BCUT2D eigenvalue weighted by molar-refractivity contribution is 6.02. The van der Waals surface area contributed by atoms with E-state index in [1.807, 2.05) is 0 Å². The molecule has 11 nitrogen and oxygen atoms in total. The summed E-state index contributed by atoms with van der Waals surface area (Å²) in [7, 11) is 1.42. The Morgan fingerprint density at radius 1 is 1.15 bits per heavy atom. The first kappa shape index (κ1) is 13.5. The fourth-order valence-electron chi connectivity index (χ4n) is 1.46. The topological polar surface area (TPSA) is 155 Å². The molecule has 2 rings (SSSR count). The zero-order chi connectivity index (χ0) is 14.7. The second kappa shape index (κ2) is 5.34. The summed E-state index contributed by atoms with van der Waals surface area (Å²) in [5, 5.41) is 5.41. The molecule has 0 unspecified atom stereocenters. The molecular formula is C9H12N8O3. The van der Waals surface area contributed by atoms with Gasteiger partial charge in [0.15, 0.2) is 0 Å². The summed E-state index contributed by atoms with van der Waals surface area (Å²) in [5.41, 5.74) is 7.89. The van der Waals surface area contributed by atoms with Crippen LogP contribution in [0.5, 0.6) is 0 Å². The summed E-state index contributed by atoms with van der Waals surface area (Å²) in [6.45, 7) is 0. The molecule has 20 heavy (non-hydrogen) atoms. The van der Waals surface area contributed by atoms with Crippen molar-refractivity contribution in [2.24, 2.45) is 0 Å². The Hall–Kier alpha value is -2.98. The van der Waals surface area contributed by atoms with Crippen LogP contribution in [0.2, 0.25) is 0 Å².